The number of hydrogen-bond donors (Lipinski definition) is 1. The predicted molar refractivity (Wildman–Crippen MR) is 70.7 cm³/mol. The van der Waals surface area contributed by atoms with E-state index in [0.29, 0.717) is 17.5 Å². The normalized spacial score (nSPS) is 21.0. The molecule has 0 spiro atoms. The fraction of sp³-hybridized carbons (Fsp3) is 0.250. The van der Waals surface area contributed by atoms with Crippen molar-refractivity contribution in [1.29, 1.82) is 0 Å². The lowest BCUT2D eigenvalue weighted by Crippen LogP contribution is -2.19. The molecule has 3 rings (SSSR count). The van der Waals surface area contributed by atoms with Crippen molar-refractivity contribution in [1.82, 2.24) is 0 Å². The molecule has 0 fully saturated rings. The number of alkyl halides is 2. The molecule has 21 heavy (non-hydrogen) atoms. The molecular formula is C16H13F3O2. The van der Waals surface area contributed by atoms with E-state index in [1.807, 2.05) is 0 Å². The van der Waals surface area contributed by atoms with E-state index >= 15 is 0 Å². The minimum absolute atomic E-state index is 0.0680. The van der Waals surface area contributed by atoms with E-state index in [1.165, 1.54) is 30.3 Å². The average molecular weight is 294 g/mol. The maximum absolute atomic E-state index is 13.2. The highest BCUT2D eigenvalue weighted by molar-refractivity contribution is 5.39. The SMILES string of the molecule is O[C@@H]1CC(c2ccc(C(F)F)cc2)Oc2cc(F)ccc21. The van der Waals surface area contributed by atoms with Gasteiger partial charge in [-0.2, -0.15) is 0 Å². The van der Waals surface area contributed by atoms with Gasteiger partial charge in [0.25, 0.3) is 6.43 Å². The van der Waals surface area contributed by atoms with Crippen LogP contribution in [0.15, 0.2) is 42.5 Å². The Kier molecular flexibility index (Phi) is 3.59. The van der Waals surface area contributed by atoms with E-state index in [1.54, 1.807) is 12.1 Å². The number of aliphatic hydroxyl groups is 1. The molecule has 2 atom stereocenters. The fourth-order valence-corrected chi connectivity index (χ4v) is 2.48. The molecule has 2 aromatic carbocycles. The molecule has 110 valence electrons. The monoisotopic (exact) mass is 294 g/mol. The molecule has 0 saturated carbocycles. The number of hydrogen-bond acceptors (Lipinski definition) is 2. The molecule has 0 aromatic heterocycles. The van der Waals surface area contributed by atoms with Crippen molar-refractivity contribution in [2.75, 3.05) is 0 Å². The van der Waals surface area contributed by atoms with Crippen LogP contribution >= 0.6 is 0 Å². The highest BCUT2D eigenvalue weighted by atomic mass is 19.3. The Morgan fingerprint density at radius 3 is 2.48 bits per heavy atom. The molecule has 0 saturated heterocycles. The zero-order chi connectivity index (χ0) is 15.0. The van der Waals surface area contributed by atoms with Crippen molar-refractivity contribution in [3.05, 3.63) is 65.0 Å². The number of rotatable bonds is 2. The smallest absolute Gasteiger partial charge is 0.263 e. The number of ether oxygens (including phenoxy) is 1. The highest BCUT2D eigenvalue weighted by Crippen LogP contribution is 2.41. The summed E-state index contributed by atoms with van der Waals surface area (Å²) in [6.07, 6.45) is -3.48. The van der Waals surface area contributed by atoms with Crippen LogP contribution in [0.5, 0.6) is 5.75 Å². The summed E-state index contributed by atoms with van der Waals surface area (Å²) in [4.78, 5) is 0. The number of benzene rings is 2. The topological polar surface area (TPSA) is 29.5 Å². The fourth-order valence-electron chi connectivity index (χ4n) is 2.48. The maximum atomic E-state index is 13.2. The average Bonchev–Trinajstić information content (AvgIpc) is 2.46. The number of halogens is 3. The molecule has 0 bridgehead atoms. The van der Waals surface area contributed by atoms with Crippen LogP contribution in [0.25, 0.3) is 0 Å². The molecule has 1 aliphatic heterocycles. The van der Waals surface area contributed by atoms with Gasteiger partial charge < -0.3 is 9.84 Å². The van der Waals surface area contributed by atoms with Gasteiger partial charge in [0.15, 0.2) is 0 Å². The molecule has 1 heterocycles. The van der Waals surface area contributed by atoms with Gasteiger partial charge in [-0.1, -0.05) is 24.3 Å². The molecule has 1 N–H and O–H groups in total. The summed E-state index contributed by atoms with van der Waals surface area (Å²) in [5.74, 6) is -0.161. The quantitative estimate of drug-likeness (QED) is 0.893. The van der Waals surface area contributed by atoms with Crippen LogP contribution in [-0.2, 0) is 0 Å². The van der Waals surface area contributed by atoms with E-state index in [9.17, 15) is 18.3 Å². The van der Waals surface area contributed by atoms with Gasteiger partial charge in [0, 0.05) is 23.6 Å². The molecule has 0 aliphatic carbocycles. The summed E-state index contributed by atoms with van der Waals surface area (Å²) in [5, 5.41) is 10.1. The van der Waals surface area contributed by atoms with E-state index < -0.39 is 24.5 Å². The van der Waals surface area contributed by atoms with Gasteiger partial charge >= 0.3 is 0 Å². The predicted octanol–water partition coefficient (Wildman–Crippen LogP) is 4.32. The Balaban J connectivity index is 1.88. The molecule has 5 heteroatoms. The van der Waals surface area contributed by atoms with Gasteiger partial charge in [0.05, 0.1) is 6.10 Å². The van der Waals surface area contributed by atoms with E-state index in [-0.39, 0.29) is 11.3 Å². The Morgan fingerprint density at radius 1 is 1.10 bits per heavy atom. The Labute approximate surface area is 119 Å². The molecular weight excluding hydrogens is 281 g/mol. The van der Waals surface area contributed by atoms with Crippen molar-refractivity contribution in [3.63, 3.8) is 0 Å². The lowest BCUT2D eigenvalue weighted by molar-refractivity contribution is 0.0653. The summed E-state index contributed by atoms with van der Waals surface area (Å²) in [6.45, 7) is 0. The third-order valence-electron chi connectivity index (χ3n) is 3.60. The first-order valence-electron chi connectivity index (χ1n) is 6.57. The van der Waals surface area contributed by atoms with Crippen LogP contribution < -0.4 is 4.74 Å². The van der Waals surface area contributed by atoms with Gasteiger partial charge in [0.1, 0.15) is 17.7 Å². The van der Waals surface area contributed by atoms with E-state index in [4.69, 9.17) is 4.74 Å². The largest absolute Gasteiger partial charge is 0.485 e. The Bertz CT molecular complexity index is 640. The summed E-state index contributed by atoms with van der Waals surface area (Å²) < 4.78 is 44.0. The van der Waals surface area contributed by atoms with Gasteiger partial charge in [-0.15, -0.1) is 0 Å². The first-order valence-corrected chi connectivity index (χ1v) is 6.57. The highest BCUT2D eigenvalue weighted by Gasteiger charge is 2.28. The minimum Gasteiger partial charge on any atom is -0.485 e. The van der Waals surface area contributed by atoms with Crippen molar-refractivity contribution in [2.24, 2.45) is 0 Å². The lowest BCUT2D eigenvalue weighted by Gasteiger charge is -2.30. The molecule has 0 amide bonds. The van der Waals surface area contributed by atoms with Gasteiger partial charge in [-0.05, 0) is 17.7 Å². The molecule has 1 aliphatic rings. The maximum Gasteiger partial charge on any atom is 0.263 e. The molecule has 1 unspecified atom stereocenters. The third-order valence-corrected chi connectivity index (χ3v) is 3.60. The standard InChI is InChI=1S/C16H13F3O2/c17-11-5-6-12-13(20)8-14(21-15(12)7-11)9-1-3-10(4-2-9)16(18)19/h1-7,13-14,16,20H,8H2/t13-,14?/m1/s1. The van der Waals surface area contributed by atoms with E-state index in [0.717, 1.165) is 0 Å². The van der Waals surface area contributed by atoms with Gasteiger partial charge in [0.2, 0.25) is 0 Å². The second-order valence-electron chi connectivity index (χ2n) is 5.01. The zero-order valence-corrected chi connectivity index (χ0v) is 11.0. The molecule has 0 radical (unpaired) electrons. The first kappa shape index (κ1) is 13.9. The van der Waals surface area contributed by atoms with Crippen LogP contribution in [0.2, 0.25) is 0 Å². The summed E-state index contributed by atoms with van der Waals surface area (Å²) in [7, 11) is 0. The second-order valence-corrected chi connectivity index (χ2v) is 5.01. The molecule has 2 aromatic rings. The lowest BCUT2D eigenvalue weighted by atomic mass is 9.94. The number of fused-ring (bicyclic) bond motifs is 1. The molecule has 2 nitrogen and oxygen atoms in total. The Hall–Kier alpha value is -2.01. The van der Waals surface area contributed by atoms with Crippen molar-refractivity contribution >= 4 is 0 Å². The van der Waals surface area contributed by atoms with Gasteiger partial charge in [-0.3, -0.25) is 0 Å². The summed E-state index contributed by atoms with van der Waals surface area (Å²) in [5.41, 5.74) is 1.15. The van der Waals surface area contributed by atoms with Gasteiger partial charge in [-0.25, -0.2) is 13.2 Å². The first-order chi connectivity index (χ1) is 10.0. The van der Waals surface area contributed by atoms with Crippen LogP contribution in [0, 0.1) is 5.82 Å². The van der Waals surface area contributed by atoms with Crippen molar-refractivity contribution in [2.45, 2.75) is 25.1 Å². The number of aliphatic hydroxyl groups excluding tert-OH is 1. The summed E-state index contributed by atoms with van der Waals surface area (Å²) >= 11 is 0. The third kappa shape index (κ3) is 2.74. The second kappa shape index (κ2) is 5.41. The van der Waals surface area contributed by atoms with Crippen LogP contribution in [0.3, 0.4) is 0 Å². The van der Waals surface area contributed by atoms with Crippen LogP contribution in [0.4, 0.5) is 13.2 Å². The van der Waals surface area contributed by atoms with Crippen LogP contribution in [0.1, 0.15) is 41.7 Å². The minimum atomic E-state index is -2.52. The van der Waals surface area contributed by atoms with Crippen LogP contribution in [-0.4, -0.2) is 5.11 Å². The van der Waals surface area contributed by atoms with E-state index in [2.05, 4.69) is 0 Å². The Morgan fingerprint density at radius 2 is 1.81 bits per heavy atom. The van der Waals surface area contributed by atoms with Crippen molar-refractivity contribution < 1.29 is 23.0 Å². The summed E-state index contributed by atoms with van der Waals surface area (Å²) in [6, 6.07) is 9.73. The van der Waals surface area contributed by atoms with Crippen molar-refractivity contribution in [3.8, 4) is 5.75 Å². The zero-order valence-electron chi connectivity index (χ0n) is 11.0.